The van der Waals surface area contributed by atoms with Crippen molar-refractivity contribution in [3.8, 4) is 11.8 Å². The smallest absolute Gasteiger partial charge is 0.253 e. The number of aliphatic hydroxyl groups is 1. The fraction of sp³-hybridized carbons (Fsp3) is 0.375. The van der Waals surface area contributed by atoms with Crippen molar-refractivity contribution in [2.24, 2.45) is 5.92 Å². The van der Waals surface area contributed by atoms with Gasteiger partial charge in [0, 0.05) is 43.5 Å². The third-order valence-electron chi connectivity index (χ3n) is 4.91. The Morgan fingerprint density at radius 3 is 2.68 bits per heavy atom. The second-order valence-corrected chi connectivity index (χ2v) is 8.01. The van der Waals surface area contributed by atoms with Crippen LogP contribution < -0.4 is 4.90 Å². The van der Waals surface area contributed by atoms with Crippen LogP contribution in [-0.4, -0.2) is 48.2 Å². The van der Waals surface area contributed by atoms with Crippen molar-refractivity contribution in [3.05, 3.63) is 65.7 Å². The Kier molecular flexibility index (Phi) is 6.06. The minimum absolute atomic E-state index is 0.00469. The summed E-state index contributed by atoms with van der Waals surface area (Å²) >= 11 is 0. The lowest BCUT2D eigenvalue weighted by molar-refractivity contribution is 0.0776. The van der Waals surface area contributed by atoms with Crippen LogP contribution in [0.3, 0.4) is 0 Å². The van der Waals surface area contributed by atoms with Crippen molar-refractivity contribution in [2.45, 2.75) is 25.9 Å². The third-order valence-corrected chi connectivity index (χ3v) is 4.91. The van der Waals surface area contributed by atoms with Gasteiger partial charge >= 0.3 is 0 Å². The van der Waals surface area contributed by atoms with Crippen LogP contribution in [0.15, 0.2) is 54.6 Å². The van der Waals surface area contributed by atoms with Crippen LogP contribution in [0.4, 0.5) is 5.69 Å². The maximum Gasteiger partial charge on any atom is 0.253 e. The fourth-order valence-electron chi connectivity index (χ4n) is 3.50. The number of amides is 1. The third kappa shape index (κ3) is 5.37. The molecular weight excluding hydrogens is 348 g/mol. The SMILES string of the molecule is CN(CC1CCN(c2ccccc2)C1)C(=O)c1cccc(C#CC(C)(C)O)c1. The maximum absolute atomic E-state index is 12.9. The Bertz CT molecular complexity index is 875. The molecule has 1 amide bonds. The quantitative estimate of drug-likeness (QED) is 0.832. The largest absolute Gasteiger partial charge is 0.378 e. The van der Waals surface area contributed by atoms with Gasteiger partial charge in [-0.05, 0) is 56.5 Å². The molecule has 1 unspecified atom stereocenters. The van der Waals surface area contributed by atoms with Gasteiger partial charge in [-0.3, -0.25) is 4.79 Å². The van der Waals surface area contributed by atoms with Crippen LogP contribution in [0.25, 0.3) is 0 Å². The molecule has 0 saturated carbocycles. The molecule has 4 nitrogen and oxygen atoms in total. The van der Waals surface area contributed by atoms with E-state index in [1.54, 1.807) is 19.9 Å². The van der Waals surface area contributed by atoms with Gasteiger partial charge in [-0.2, -0.15) is 0 Å². The topological polar surface area (TPSA) is 43.8 Å². The van der Waals surface area contributed by atoms with Crippen molar-refractivity contribution < 1.29 is 9.90 Å². The van der Waals surface area contributed by atoms with Gasteiger partial charge in [0.2, 0.25) is 0 Å². The number of hydrogen-bond acceptors (Lipinski definition) is 3. The van der Waals surface area contributed by atoms with E-state index in [0.717, 1.165) is 31.6 Å². The molecule has 1 saturated heterocycles. The number of para-hydroxylation sites is 1. The molecule has 28 heavy (non-hydrogen) atoms. The normalized spacial score (nSPS) is 16.4. The minimum atomic E-state index is -1.05. The van der Waals surface area contributed by atoms with Crippen molar-refractivity contribution in [1.82, 2.24) is 4.90 Å². The van der Waals surface area contributed by atoms with E-state index in [1.165, 1.54) is 5.69 Å². The average Bonchev–Trinajstić information content (AvgIpc) is 3.14. The highest BCUT2D eigenvalue weighted by Crippen LogP contribution is 2.24. The van der Waals surface area contributed by atoms with E-state index in [2.05, 4.69) is 41.0 Å². The monoisotopic (exact) mass is 376 g/mol. The lowest BCUT2D eigenvalue weighted by Crippen LogP contribution is -2.33. The zero-order valence-corrected chi connectivity index (χ0v) is 16.9. The van der Waals surface area contributed by atoms with E-state index >= 15 is 0 Å². The molecule has 0 radical (unpaired) electrons. The Hall–Kier alpha value is -2.77. The first-order chi connectivity index (χ1) is 13.3. The second kappa shape index (κ2) is 8.50. The Labute approximate surface area is 167 Å². The highest BCUT2D eigenvalue weighted by molar-refractivity contribution is 5.94. The number of anilines is 1. The van der Waals surface area contributed by atoms with Gasteiger partial charge < -0.3 is 14.9 Å². The van der Waals surface area contributed by atoms with Crippen LogP contribution in [0.1, 0.15) is 36.2 Å². The Morgan fingerprint density at radius 1 is 1.21 bits per heavy atom. The van der Waals surface area contributed by atoms with Gasteiger partial charge in [-0.15, -0.1) is 0 Å². The maximum atomic E-state index is 12.9. The van der Waals surface area contributed by atoms with Gasteiger partial charge in [0.25, 0.3) is 5.91 Å². The van der Waals surface area contributed by atoms with Gasteiger partial charge in [0.05, 0.1) is 0 Å². The molecular formula is C24H28N2O2. The van der Waals surface area contributed by atoms with Crippen molar-refractivity contribution in [2.75, 3.05) is 31.6 Å². The standard InChI is InChI=1S/C24H28N2O2/c1-24(2,28)14-12-19-8-7-9-21(16-19)23(27)25(3)17-20-13-15-26(18-20)22-10-5-4-6-11-22/h4-11,16,20,28H,13,15,17-18H2,1-3H3. The summed E-state index contributed by atoms with van der Waals surface area (Å²) in [7, 11) is 1.86. The first-order valence-corrected chi connectivity index (χ1v) is 9.73. The molecule has 0 spiro atoms. The number of carbonyl (C=O) groups excluding carboxylic acids is 1. The van der Waals surface area contributed by atoms with E-state index in [0.29, 0.717) is 11.5 Å². The van der Waals surface area contributed by atoms with E-state index in [9.17, 15) is 9.90 Å². The van der Waals surface area contributed by atoms with Gasteiger partial charge in [-0.1, -0.05) is 36.1 Å². The number of nitrogens with zero attached hydrogens (tertiary/aromatic N) is 2. The van der Waals surface area contributed by atoms with Crippen molar-refractivity contribution in [1.29, 1.82) is 0 Å². The Morgan fingerprint density at radius 2 is 1.96 bits per heavy atom. The molecule has 3 rings (SSSR count). The van der Waals surface area contributed by atoms with Gasteiger partial charge in [0.1, 0.15) is 5.60 Å². The molecule has 1 heterocycles. The summed E-state index contributed by atoms with van der Waals surface area (Å²) in [5.41, 5.74) is 1.56. The van der Waals surface area contributed by atoms with E-state index in [4.69, 9.17) is 0 Å². The summed E-state index contributed by atoms with van der Waals surface area (Å²) in [5.74, 6) is 6.20. The molecule has 1 aliphatic heterocycles. The molecule has 4 heteroatoms. The fourth-order valence-corrected chi connectivity index (χ4v) is 3.50. The van der Waals surface area contributed by atoms with Crippen LogP contribution in [0.2, 0.25) is 0 Å². The summed E-state index contributed by atoms with van der Waals surface area (Å²) in [6, 6.07) is 17.7. The zero-order chi connectivity index (χ0) is 20.1. The number of benzene rings is 2. The first-order valence-electron chi connectivity index (χ1n) is 9.73. The predicted molar refractivity (Wildman–Crippen MR) is 113 cm³/mol. The molecule has 1 N–H and O–H groups in total. The summed E-state index contributed by atoms with van der Waals surface area (Å²) in [4.78, 5) is 17.0. The summed E-state index contributed by atoms with van der Waals surface area (Å²) < 4.78 is 0. The molecule has 2 aromatic carbocycles. The second-order valence-electron chi connectivity index (χ2n) is 8.01. The zero-order valence-electron chi connectivity index (χ0n) is 16.9. The number of hydrogen-bond donors (Lipinski definition) is 1. The van der Waals surface area contributed by atoms with E-state index in [-0.39, 0.29) is 5.91 Å². The van der Waals surface area contributed by atoms with Gasteiger partial charge in [0.15, 0.2) is 0 Å². The van der Waals surface area contributed by atoms with Crippen LogP contribution in [0, 0.1) is 17.8 Å². The molecule has 1 aliphatic rings. The molecule has 2 aromatic rings. The average molecular weight is 377 g/mol. The highest BCUT2D eigenvalue weighted by Gasteiger charge is 2.25. The van der Waals surface area contributed by atoms with Crippen molar-refractivity contribution >= 4 is 11.6 Å². The van der Waals surface area contributed by atoms with E-state index in [1.807, 2.05) is 36.2 Å². The van der Waals surface area contributed by atoms with Crippen LogP contribution in [-0.2, 0) is 0 Å². The van der Waals surface area contributed by atoms with E-state index < -0.39 is 5.60 Å². The minimum Gasteiger partial charge on any atom is -0.378 e. The molecule has 0 bridgehead atoms. The molecule has 0 aliphatic carbocycles. The van der Waals surface area contributed by atoms with Gasteiger partial charge in [-0.25, -0.2) is 0 Å². The number of rotatable bonds is 4. The Balaban J connectivity index is 1.61. The number of carbonyl (C=O) groups is 1. The lowest BCUT2D eigenvalue weighted by Gasteiger charge is -2.23. The summed E-state index contributed by atoms with van der Waals surface area (Å²) in [6.07, 6.45) is 1.09. The highest BCUT2D eigenvalue weighted by atomic mass is 16.3. The molecule has 1 fully saturated rings. The summed E-state index contributed by atoms with van der Waals surface area (Å²) in [6.45, 7) is 6.02. The first kappa shape index (κ1) is 20.0. The molecule has 1 atom stereocenters. The van der Waals surface area contributed by atoms with Crippen LogP contribution in [0.5, 0.6) is 0 Å². The predicted octanol–water partition coefficient (Wildman–Crippen LogP) is 3.41. The molecule has 0 aromatic heterocycles. The van der Waals surface area contributed by atoms with Crippen molar-refractivity contribution in [3.63, 3.8) is 0 Å². The molecule has 146 valence electrons. The summed E-state index contributed by atoms with van der Waals surface area (Å²) in [5, 5.41) is 9.76. The lowest BCUT2D eigenvalue weighted by atomic mass is 10.1. The van der Waals surface area contributed by atoms with Crippen LogP contribution >= 0.6 is 0 Å².